The van der Waals surface area contributed by atoms with Gasteiger partial charge in [-0.2, -0.15) is 0 Å². The van der Waals surface area contributed by atoms with Gasteiger partial charge in [-0.15, -0.1) is 6.58 Å². The first-order chi connectivity index (χ1) is 13.8. The summed E-state index contributed by atoms with van der Waals surface area (Å²) in [6.45, 7) is 18.1. The number of nitrogen functional groups attached to an aromatic ring is 1. The molecule has 1 aromatic carbocycles. The van der Waals surface area contributed by atoms with Gasteiger partial charge in [0, 0.05) is 39.9 Å². The quantitative estimate of drug-likeness (QED) is 0.145. The second-order valence-corrected chi connectivity index (χ2v) is 5.89. The van der Waals surface area contributed by atoms with Crippen LogP contribution in [0.15, 0.2) is 42.8 Å². The first kappa shape index (κ1) is 32.2. The highest BCUT2D eigenvalue weighted by Crippen LogP contribution is 2.20. The molecule has 0 aromatic heterocycles. The Hall–Kier alpha value is -2.47. The minimum atomic E-state index is 0. The maximum absolute atomic E-state index is 9.64. The molecule has 0 aliphatic rings. The Bertz CT molecular complexity index is 634. The molecule has 1 aromatic rings. The normalized spacial score (nSPS) is 9.97. The van der Waals surface area contributed by atoms with E-state index in [9.17, 15) is 5.11 Å². The van der Waals surface area contributed by atoms with Crippen molar-refractivity contribution in [2.75, 3.05) is 39.5 Å². The summed E-state index contributed by atoms with van der Waals surface area (Å²) in [5.74, 6) is 1.18. The smallest absolute Gasteiger partial charge is 0.116 e. The fourth-order valence-corrected chi connectivity index (χ4v) is 2.66. The van der Waals surface area contributed by atoms with Gasteiger partial charge in [0.1, 0.15) is 11.6 Å². The number of hydrogen-bond acceptors (Lipinski definition) is 6. The summed E-state index contributed by atoms with van der Waals surface area (Å²) in [5.41, 5.74) is 7.34. The number of likely N-dealkylation sites (N-methyl/N-ethyl adjacent to an activating group) is 1. The molecule has 0 amide bonds. The second kappa shape index (κ2) is 18.6. The number of benzene rings is 1. The first-order valence-corrected chi connectivity index (χ1v) is 10.5. The standard InChI is InChI=1S/C19H31N5O.2C2H6.CH4.H2/c1-6-9-12-24(8-3)19(7-2)23(5)22(4)14-18(21)16-13-15(25)10-11-17(16)20;2*1-2;;/h6-7,10-11,13,21,25H,1,8-9,12,14,20H2,2-5H3;2*1-2H3;1H4;1H/b19-7+,21-18?;;;;. The molecule has 6 nitrogen and oxygen atoms in total. The first-order valence-electron chi connectivity index (χ1n) is 10.5. The molecule has 6 heteroatoms. The lowest BCUT2D eigenvalue weighted by atomic mass is 10.1. The van der Waals surface area contributed by atoms with E-state index in [4.69, 9.17) is 11.1 Å². The van der Waals surface area contributed by atoms with Crippen molar-refractivity contribution in [1.82, 2.24) is 14.9 Å². The number of anilines is 1. The zero-order valence-electron chi connectivity index (χ0n) is 19.8. The monoisotopic (exact) mass is 423 g/mol. The second-order valence-electron chi connectivity index (χ2n) is 5.89. The van der Waals surface area contributed by atoms with Crippen LogP contribution >= 0.6 is 0 Å². The van der Waals surface area contributed by atoms with Crippen molar-refractivity contribution < 1.29 is 6.53 Å². The van der Waals surface area contributed by atoms with E-state index in [1.165, 1.54) is 12.1 Å². The van der Waals surface area contributed by atoms with Crippen molar-refractivity contribution in [3.63, 3.8) is 0 Å². The Balaban J connectivity index is -0.000000572. The minimum absolute atomic E-state index is 0. The Morgan fingerprint density at radius 3 is 2.27 bits per heavy atom. The van der Waals surface area contributed by atoms with Crippen LogP contribution in [-0.2, 0) is 0 Å². The highest BCUT2D eigenvalue weighted by molar-refractivity contribution is 6.04. The fraction of sp³-hybridized carbons (Fsp3) is 0.542. The van der Waals surface area contributed by atoms with Crippen LogP contribution in [0.4, 0.5) is 5.69 Å². The molecule has 0 heterocycles. The van der Waals surface area contributed by atoms with E-state index in [1.807, 2.05) is 64.8 Å². The van der Waals surface area contributed by atoms with Crippen molar-refractivity contribution >= 4 is 11.4 Å². The van der Waals surface area contributed by atoms with Crippen molar-refractivity contribution in [3.05, 3.63) is 48.3 Å². The van der Waals surface area contributed by atoms with Gasteiger partial charge < -0.3 is 21.1 Å². The lowest BCUT2D eigenvalue weighted by molar-refractivity contribution is 0.0438. The van der Waals surface area contributed by atoms with Gasteiger partial charge in [-0.05, 0) is 44.5 Å². The molecule has 1 rings (SSSR count). The third-order valence-corrected chi connectivity index (χ3v) is 4.16. The van der Waals surface area contributed by atoms with Crippen LogP contribution in [0.3, 0.4) is 0 Å². The molecule has 0 atom stereocenters. The van der Waals surface area contributed by atoms with Gasteiger partial charge in [-0.3, -0.25) is 5.01 Å². The van der Waals surface area contributed by atoms with E-state index in [0.29, 0.717) is 23.5 Å². The van der Waals surface area contributed by atoms with Crippen molar-refractivity contribution in [2.24, 2.45) is 0 Å². The number of nitrogens with one attached hydrogen (secondary N) is 1. The Labute approximate surface area is 187 Å². The molecular formula is C24H49N5O. The van der Waals surface area contributed by atoms with Crippen molar-refractivity contribution in [1.29, 1.82) is 5.41 Å². The molecule has 0 aliphatic heterocycles. The number of phenolic OH excluding ortho intramolecular Hbond substituents is 1. The summed E-state index contributed by atoms with van der Waals surface area (Å²) < 4.78 is 0. The average molecular weight is 424 g/mol. The SMILES string of the molecule is C.C=CCCN(CC)/C(=C/C)N(C)N(C)CC(=N)c1cc(O)ccc1N.CC.CC.[HH]. The lowest BCUT2D eigenvalue weighted by Gasteiger charge is -2.38. The number of nitrogens with zero attached hydrogens (tertiary/aromatic N) is 3. The maximum atomic E-state index is 9.64. The summed E-state index contributed by atoms with van der Waals surface area (Å²) in [6, 6.07) is 4.68. The molecule has 30 heavy (non-hydrogen) atoms. The molecular weight excluding hydrogens is 374 g/mol. The summed E-state index contributed by atoms with van der Waals surface area (Å²) in [4.78, 5) is 2.27. The summed E-state index contributed by atoms with van der Waals surface area (Å²) in [6.07, 6.45) is 4.90. The summed E-state index contributed by atoms with van der Waals surface area (Å²) >= 11 is 0. The highest BCUT2D eigenvalue weighted by Gasteiger charge is 2.17. The molecule has 0 radical (unpaired) electrons. The van der Waals surface area contributed by atoms with Gasteiger partial charge in [-0.25, -0.2) is 5.01 Å². The maximum Gasteiger partial charge on any atom is 0.116 e. The Morgan fingerprint density at radius 2 is 1.80 bits per heavy atom. The van der Waals surface area contributed by atoms with Crippen molar-refractivity contribution in [3.8, 4) is 5.75 Å². The summed E-state index contributed by atoms with van der Waals surface area (Å²) in [7, 11) is 3.91. The fourth-order valence-electron chi connectivity index (χ4n) is 2.66. The zero-order valence-corrected chi connectivity index (χ0v) is 19.8. The van der Waals surface area contributed by atoms with Gasteiger partial charge in [0.15, 0.2) is 0 Å². The molecule has 0 aliphatic carbocycles. The molecule has 0 saturated carbocycles. The van der Waals surface area contributed by atoms with E-state index >= 15 is 0 Å². The van der Waals surface area contributed by atoms with Crippen LogP contribution in [0.1, 0.15) is 62.4 Å². The molecule has 0 bridgehead atoms. The molecule has 4 N–H and O–H groups in total. The van der Waals surface area contributed by atoms with Gasteiger partial charge in [0.2, 0.25) is 0 Å². The van der Waals surface area contributed by atoms with Gasteiger partial charge in [0.05, 0.1) is 12.3 Å². The number of rotatable bonds is 10. The van der Waals surface area contributed by atoms with Gasteiger partial charge >= 0.3 is 0 Å². The van der Waals surface area contributed by atoms with Crippen LogP contribution < -0.4 is 5.73 Å². The van der Waals surface area contributed by atoms with Crippen LogP contribution in [0.2, 0.25) is 0 Å². The average Bonchev–Trinajstić information content (AvgIpc) is 2.75. The Kier molecular flexibility index (Phi) is 19.9. The van der Waals surface area contributed by atoms with Crippen LogP contribution in [0.5, 0.6) is 5.75 Å². The van der Waals surface area contributed by atoms with E-state index < -0.39 is 0 Å². The number of hydrazine groups is 1. The van der Waals surface area contributed by atoms with Crippen LogP contribution in [0.25, 0.3) is 0 Å². The van der Waals surface area contributed by atoms with Crippen molar-refractivity contribution in [2.45, 2.75) is 55.4 Å². The number of aromatic hydroxyl groups is 1. The number of nitrogens with two attached hydrogens (primary N) is 1. The zero-order chi connectivity index (χ0) is 23.0. The van der Waals surface area contributed by atoms with E-state index in [0.717, 1.165) is 25.3 Å². The molecule has 0 fully saturated rings. The lowest BCUT2D eigenvalue weighted by Crippen LogP contribution is -2.44. The molecule has 176 valence electrons. The summed E-state index contributed by atoms with van der Waals surface area (Å²) in [5, 5.41) is 22.0. The van der Waals surface area contributed by atoms with Gasteiger partial charge in [0.25, 0.3) is 0 Å². The highest BCUT2D eigenvalue weighted by atomic mass is 16.3. The third kappa shape index (κ3) is 10.3. The van der Waals surface area contributed by atoms with E-state index in [1.54, 1.807) is 6.07 Å². The molecule has 0 saturated heterocycles. The molecule has 0 spiro atoms. The largest absolute Gasteiger partial charge is 0.508 e. The molecule has 0 unspecified atom stereocenters. The van der Waals surface area contributed by atoms with Crippen LogP contribution in [-0.4, -0.2) is 59.5 Å². The number of hydrogen-bond donors (Lipinski definition) is 3. The third-order valence-electron chi connectivity index (χ3n) is 4.16. The Morgan fingerprint density at radius 1 is 1.23 bits per heavy atom. The predicted octanol–water partition coefficient (Wildman–Crippen LogP) is 5.81. The van der Waals surface area contributed by atoms with Crippen LogP contribution in [0, 0.1) is 5.41 Å². The van der Waals surface area contributed by atoms with Gasteiger partial charge in [-0.1, -0.05) is 41.2 Å². The topological polar surface area (TPSA) is 79.8 Å². The van der Waals surface area contributed by atoms with E-state index in [2.05, 4.69) is 24.5 Å². The van der Waals surface area contributed by atoms with E-state index in [-0.39, 0.29) is 14.6 Å². The number of allylic oxidation sites excluding steroid dienone is 1. The number of phenols is 1. The minimum Gasteiger partial charge on any atom is -0.508 e. The predicted molar refractivity (Wildman–Crippen MR) is 137 cm³/mol.